The molecule has 0 saturated heterocycles. The van der Waals surface area contributed by atoms with Crippen molar-refractivity contribution in [3.63, 3.8) is 0 Å². The summed E-state index contributed by atoms with van der Waals surface area (Å²) in [5.74, 6) is 0.496. The van der Waals surface area contributed by atoms with Crippen LogP contribution in [0.4, 0.5) is 0 Å². The van der Waals surface area contributed by atoms with E-state index < -0.39 is 0 Å². The van der Waals surface area contributed by atoms with Gasteiger partial charge in [0.1, 0.15) is 6.10 Å². The number of ether oxygens (including phenoxy) is 1. The highest BCUT2D eigenvalue weighted by Crippen LogP contribution is 2.26. The Morgan fingerprint density at radius 3 is 3.00 bits per heavy atom. The fourth-order valence-corrected chi connectivity index (χ4v) is 2.20. The maximum absolute atomic E-state index is 5.90. The van der Waals surface area contributed by atoms with Crippen LogP contribution >= 0.6 is 0 Å². The van der Waals surface area contributed by atoms with E-state index >= 15 is 0 Å². The first-order chi connectivity index (χ1) is 7.31. The zero-order valence-electron chi connectivity index (χ0n) is 9.22. The monoisotopic (exact) mass is 209 g/mol. The summed E-state index contributed by atoms with van der Waals surface area (Å²) in [6, 6.07) is 0.709. The van der Waals surface area contributed by atoms with E-state index in [1.807, 2.05) is 17.8 Å². The highest BCUT2D eigenvalue weighted by molar-refractivity contribution is 4.98. The van der Waals surface area contributed by atoms with Gasteiger partial charge in [-0.15, -0.1) is 0 Å². The molecule has 2 unspecified atom stereocenters. The molecule has 2 N–H and O–H groups in total. The molecule has 1 heterocycles. The average Bonchev–Trinajstić information content (AvgIpc) is 2.65. The molecular formula is C11H19N3O. The number of hydrogen-bond donors (Lipinski definition) is 1. The van der Waals surface area contributed by atoms with Crippen LogP contribution in [0, 0.1) is 5.92 Å². The molecule has 2 rings (SSSR count). The van der Waals surface area contributed by atoms with Crippen molar-refractivity contribution in [1.29, 1.82) is 0 Å². The molecule has 1 aliphatic rings. The molecule has 1 aromatic rings. The molecular weight excluding hydrogens is 190 g/mol. The van der Waals surface area contributed by atoms with Crippen molar-refractivity contribution in [2.45, 2.75) is 31.8 Å². The number of hydrogen-bond acceptors (Lipinski definition) is 3. The van der Waals surface area contributed by atoms with Gasteiger partial charge in [0.2, 0.25) is 0 Å². The van der Waals surface area contributed by atoms with Crippen molar-refractivity contribution >= 4 is 0 Å². The number of nitrogens with two attached hydrogens (primary N) is 1. The molecule has 15 heavy (non-hydrogen) atoms. The SMILES string of the molecule is Cn1ccnc1OC1CCCCC1CN. The molecule has 1 saturated carbocycles. The van der Waals surface area contributed by atoms with E-state index in [4.69, 9.17) is 10.5 Å². The second kappa shape index (κ2) is 4.66. The van der Waals surface area contributed by atoms with Crippen LogP contribution in [0.3, 0.4) is 0 Å². The lowest BCUT2D eigenvalue weighted by atomic mass is 9.86. The van der Waals surface area contributed by atoms with Crippen LogP contribution in [0.15, 0.2) is 12.4 Å². The van der Waals surface area contributed by atoms with Gasteiger partial charge in [-0.2, -0.15) is 0 Å². The van der Waals surface area contributed by atoms with Gasteiger partial charge >= 0.3 is 0 Å². The number of aryl methyl sites for hydroxylation is 1. The van der Waals surface area contributed by atoms with E-state index in [2.05, 4.69) is 4.98 Å². The lowest BCUT2D eigenvalue weighted by Gasteiger charge is -2.30. The lowest BCUT2D eigenvalue weighted by molar-refractivity contribution is 0.0842. The Labute approximate surface area is 90.4 Å². The summed E-state index contributed by atoms with van der Waals surface area (Å²) in [5, 5.41) is 0. The quantitative estimate of drug-likeness (QED) is 0.816. The highest BCUT2D eigenvalue weighted by Gasteiger charge is 2.26. The van der Waals surface area contributed by atoms with Gasteiger partial charge in [0.15, 0.2) is 0 Å². The second-order valence-electron chi connectivity index (χ2n) is 4.26. The van der Waals surface area contributed by atoms with Crippen LogP contribution in [0.1, 0.15) is 25.7 Å². The van der Waals surface area contributed by atoms with Crippen molar-refractivity contribution < 1.29 is 4.74 Å². The van der Waals surface area contributed by atoms with E-state index in [9.17, 15) is 0 Å². The predicted octanol–water partition coefficient (Wildman–Crippen LogP) is 1.32. The summed E-state index contributed by atoms with van der Waals surface area (Å²) in [6.07, 6.45) is 8.73. The lowest BCUT2D eigenvalue weighted by Crippen LogP contribution is -2.35. The van der Waals surface area contributed by atoms with E-state index in [0.717, 1.165) is 13.0 Å². The largest absolute Gasteiger partial charge is 0.461 e. The third-order valence-corrected chi connectivity index (χ3v) is 3.18. The normalized spacial score (nSPS) is 26.5. The molecule has 0 aromatic carbocycles. The molecule has 1 aliphatic carbocycles. The fourth-order valence-electron chi connectivity index (χ4n) is 2.20. The third kappa shape index (κ3) is 2.31. The zero-order valence-corrected chi connectivity index (χ0v) is 9.22. The van der Waals surface area contributed by atoms with Crippen LogP contribution in [0.5, 0.6) is 6.01 Å². The number of rotatable bonds is 3. The molecule has 4 heteroatoms. The van der Waals surface area contributed by atoms with Crippen LogP contribution in [0.2, 0.25) is 0 Å². The predicted molar refractivity (Wildman–Crippen MR) is 58.6 cm³/mol. The van der Waals surface area contributed by atoms with Crippen LogP contribution in [-0.2, 0) is 7.05 Å². The van der Waals surface area contributed by atoms with Crippen molar-refractivity contribution in [2.75, 3.05) is 6.54 Å². The minimum atomic E-state index is 0.254. The molecule has 84 valence electrons. The Balaban J connectivity index is 2.00. The number of aromatic nitrogens is 2. The minimum Gasteiger partial charge on any atom is -0.461 e. The summed E-state index contributed by atoms with van der Waals surface area (Å²) in [4.78, 5) is 4.18. The third-order valence-electron chi connectivity index (χ3n) is 3.18. The molecule has 4 nitrogen and oxygen atoms in total. The van der Waals surface area contributed by atoms with Gasteiger partial charge in [0.05, 0.1) is 0 Å². The summed E-state index contributed by atoms with van der Waals surface area (Å²) in [5.41, 5.74) is 5.75. The van der Waals surface area contributed by atoms with Crippen molar-refractivity contribution in [2.24, 2.45) is 18.7 Å². The minimum absolute atomic E-state index is 0.254. The van der Waals surface area contributed by atoms with Gasteiger partial charge < -0.3 is 15.0 Å². The van der Waals surface area contributed by atoms with Crippen molar-refractivity contribution in [3.8, 4) is 6.01 Å². The fraction of sp³-hybridized carbons (Fsp3) is 0.727. The standard InChI is InChI=1S/C11H19N3O/c1-14-7-6-13-11(14)15-10-5-3-2-4-9(10)8-12/h6-7,9-10H,2-5,8,12H2,1H3. The van der Waals surface area contributed by atoms with Gasteiger partial charge in [-0.25, -0.2) is 4.98 Å². The Hall–Kier alpha value is -1.03. The Morgan fingerprint density at radius 1 is 1.53 bits per heavy atom. The molecule has 1 aromatic heterocycles. The van der Waals surface area contributed by atoms with E-state index in [0.29, 0.717) is 11.9 Å². The molecule has 2 atom stereocenters. The summed E-state index contributed by atoms with van der Waals surface area (Å²) in [7, 11) is 1.95. The van der Waals surface area contributed by atoms with Crippen LogP contribution in [0.25, 0.3) is 0 Å². The maximum atomic E-state index is 5.90. The van der Waals surface area contributed by atoms with Crippen LogP contribution in [-0.4, -0.2) is 22.2 Å². The molecule has 0 spiro atoms. The number of imidazole rings is 1. The summed E-state index contributed by atoms with van der Waals surface area (Å²) in [6.45, 7) is 0.717. The van der Waals surface area contributed by atoms with E-state index in [1.165, 1.54) is 19.3 Å². The highest BCUT2D eigenvalue weighted by atomic mass is 16.5. The second-order valence-corrected chi connectivity index (χ2v) is 4.26. The van der Waals surface area contributed by atoms with Gasteiger partial charge in [-0.05, 0) is 25.8 Å². The Bertz CT molecular complexity index is 311. The van der Waals surface area contributed by atoms with Crippen molar-refractivity contribution in [1.82, 2.24) is 9.55 Å². The Morgan fingerprint density at radius 2 is 2.33 bits per heavy atom. The summed E-state index contributed by atoms with van der Waals surface area (Å²) >= 11 is 0. The zero-order chi connectivity index (χ0) is 10.7. The first-order valence-electron chi connectivity index (χ1n) is 5.65. The topological polar surface area (TPSA) is 53.1 Å². The first-order valence-corrected chi connectivity index (χ1v) is 5.65. The molecule has 0 amide bonds. The van der Waals surface area contributed by atoms with Gasteiger partial charge in [-0.1, -0.05) is 6.42 Å². The molecule has 1 fully saturated rings. The van der Waals surface area contributed by atoms with Crippen molar-refractivity contribution in [3.05, 3.63) is 12.4 Å². The van der Waals surface area contributed by atoms with Gasteiger partial charge in [0.25, 0.3) is 6.01 Å². The van der Waals surface area contributed by atoms with Crippen LogP contribution < -0.4 is 10.5 Å². The summed E-state index contributed by atoms with van der Waals surface area (Å²) < 4.78 is 7.81. The number of nitrogens with zero attached hydrogens (tertiary/aromatic N) is 2. The smallest absolute Gasteiger partial charge is 0.296 e. The molecule has 0 bridgehead atoms. The maximum Gasteiger partial charge on any atom is 0.296 e. The molecule has 0 radical (unpaired) electrons. The van der Waals surface area contributed by atoms with E-state index in [1.54, 1.807) is 6.20 Å². The molecule has 0 aliphatic heterocycles. The average molecular weight is 209 g/mol. The van der Waals surface area contributed by atoms with Gasteiger partial charge in [0, 0.05) is 25.4 Å². The first kappa shape index (κ1) is 10.5. The Kier molecular flexibility index (Phi) is 3.26. The van der Waals surface area contributed by atoms with E-state index in [-0.39, 0.29) is 6.10 Å². The van der Waals surface area contributed by atoms with Gasteiger partial charge in [-0.3, -0.25) is 0 Å².